The van der Waals surface area contributed by atoms with Gasteiger partial charge in [-0.15, -0.1) is 11.6 Å². The van der Waals surface area contributed by atoms with Crippen LogP contribution >= 0.6 is 11.6 Å². The first kappa shape index (κ1) is 9.38. The van der Waals surface area contributed by atoms with E-state index in [0.717, 1.165) is 18.3 Å². The number of hydrogen-bond acceptors (Lipinski definition) is 0. The van der Waals surface area contributed by atoms with Gasteiger partial charge in [-0.2, -0.15) is 0 Å². The molecule has 1 heteroatoms. The van der Waals surface area contributed by atoms with E-state index in [0.29, 0.717) is 5.38 Å². The topological polar surface area (TPSA) is 0 Å². The van der Waals surface area contributed by atoms with Crippen LogP contribution in [-0.4, -0.2) is 5.38 Å². The molecular formula is C10H19Cl. The minimum atomic E-state index is 0.451. The van der Waals surface area contributed by atoms with Crippen molar-refractivity contribution in [3.63, 3.8) is 0 Å². The summed E-state index contributed by atoms with van der Waals surface area (Å²) >= 11 is 6.19. The fourth-order valence-corrected chi connectivity index (χ4v) is 2.38. The first-order valence-corrected chi connectivity index (χ1v) is 5.35. The molecule has 0 heterocycles. The van der Waals surface area contributed by atoms with E-state index in [2.05, 4.69) is 13.8 Å². The summed E-state index contributed by atoms with van der Waals surface area (Å²) in [5.74, 6) is 1.81. The van der Waals surface area contributed by atoms with Gasteiger partial charge in [0.2, 0.25) is 0 Å². The van der Waals surface area contributed by atoms with Crippen LogP contribution in [0.2, 0.25) is 0 Å². The highest BCUT2D eigenvalue weighted by Crippen LogP contribution is 2.37. The predicted molar refractivity (Wildman–Crippen MR) is 51.1 cm³/mol. The summed E-state index contributed by atoms with van der Waals surface area (Å²) < 4.78 is 0. The van der Waals surface area contributed by atoms with Crippen molar-refractivity contribution in [1.82, 2.24) is 0 Å². The van der Waals surface area contributed by atoms with Crippen LogP contribution in [0.15, 0.2) is 0 Å². The third-order valence-corrected chi connectivity index (χ3v) is 3.73. The molecule has 0 aromatic carbocycles. The van der Waals surface area contributed by atoms with Crippen LogP contribution in [0.4, 0.5) is 0 Å². The maximum Gasteiger partial charge on any atom is 0.0361 e. The van der Waals surface area contributed by atoms with Crippen LogP contribution in [0.5, 0.6) is 0 Å². The molecule has 0 bridgehead atoms. The van der Waals surface area contributed by atoms with Crippen molar-refractivity contribution >= 4 is 11.6 Å². The molecule has 0 nitrogen and oxygen atoms in total. The minimum absolute atomic E-state index is 0.451. The molecular weight excluding hydrogens is 156 g/mol. The highest BCUT2D eigenvalue weighted by atomic mass is 35.5. The molecule has 11 heavy (non-hydrogen) atoms. The van der Waals surface area contributed by atoms with Gasteiger partial charge in [0.1, 0.15) is 0 Å². The summed E-state index contributed by atoms with van der Waals surface area (Å²) in [6.45, 7) is 4.49. The summed E-state index contributed by atoms with van der Waals surface area (Å²) in [7, 11) is 0. The van der Waals surface area contributed by atoms with Gasteiger partial charge in [0.05, 0.1) is 0 Å². The molecule has 66 valence electrons. The van der Waals surface area contributed by atoms with Crippen molar-refractivity contribution in [3.8, 4) is 0 Å². The molecule has 1 aliphatic rings. The highest BCUT2D eigenvalue weighted by molar-refractivity contribution is 6.20. The van der Waals surface area contributed by atoms with Crippen LogP contribution in [0, 0.1) is 11.8 Å². The molecule has 0 radical (unpaired) electrons. The zero-order valence-electron chi connectivity index (χ0n) is 7.65. The third-order valence-electron chi connectivity index (χ3n) is 3.06. The maximum atomic E-state index is 6.19. The Morgan fingerprint density at radius 2 is 2.09 bits per heavy atom. The quantitative estimate of drug-likeness (QED) is 0.571. The van der Waals surface area contributed by atoms with Gasteiger partial charge in [-0.25, -0.2) is 0 Å². The molecule has 0 saturated heterocycles. The second kappa shape index (κ2) is 4.35. The van der Waals surface area contributed by atoms with E-state index in [1.54, 1.807) is 0 Å². The summed E-state index contributed by atoms with van der Waals surface area (Å²) in [5, 5.41) is 0.451. The van der Waals surface area contributed by atoms with Crippen molar-refractivity contribution < 1.29 is 0 Å². The lowest BCUT2D eigenvalue weighted by molar-refractivity contribution is 0.459. The molecule has 1 rings (SSSR count). The van der Waals surface area contributed by atoms with Gasteiger partial charge in [-0.1, -0.05) is 26.7 Å². The lowest BCUT2D eigenvalue weighted by Gasteiger charge is -2.14. The average molecular weight is 175 g/mol. The summed E-state index contributed by atoms with van der Waals surface area (Å²) in [6.07, 6.45) is 6.68. The molecule has 1 saturated carbocycles. The Kier molecular flexibility index (Phi) is 3.71. The van der Waals surface area contributed by atoms with Crippen molar-refractivity contribution in [1.29, 1.82) is 0 Å². The van der Waals surface area contributed by atoms with E-state index in [-0.39, 0.29) is 0 Å². The van der Waals surface area contributed by atoms with Crippen LogP contribution in [0.1, 0.15) is 46.0 Å². The van der Waals surface area contributed by atoms with Crippen molar-refractivity contribution in [3.05, 3.63) is 0 Å². The lowest BCUT2D eigenvalue weighted by atomic mass is 9.99. The van der Waals surface area contributed by atoms with E-state index in [1.165, 1.54) is 25.7 Å². The molecule has 0 spiro atoms. The Hall–Kier alpha value is 0.290. The molecule has 0 amide bonds. The van der Waals surface area contributed by atoms with Crippen LogP contribution in [0.3, 0.4) is 0 Å². The van der Waals surface area contributed by atoms with E-state index >= 15 is 0 Å². The SMILES string of the molecule is CCC1CCC(C(Cl)CC)C1. The van der Waals surface area contributed by atoms with Crippen LogP contribution < -0.4 is 0 Å². The Morgan fingerprint density at radius 1 is 1.36 bits per heavy atom. The monoisotopic (exact) mass is 174 g/mol. The van der Waals surface area contributed by atoms with Crippen molar-refractivity contribution in [2.24, 2.45) is 11.8 Å². The van der Waals surface area contributed by atoms with Gasteiger partial charge < -0.3 is 0 Å². The van der Waals surface area contributed by atoms with Crippen molar-refractivity contribution in [2.75, 3.05) is 0 Å². The van der Waals surface area contributed by atoms with E-state index in [4.69, 9.17) is 11.6 Å². The molecule has 0 aromatic rings. The van der Waals surface area contributed by atoms with Crippen LogP contribution in [0.25, 0.3) is 0 Å². The predicted octanol–water partition coefficient (Wildman–Crippen LogP) is 3.83. The average Bonchev–Trinajstić information content (AvgIpc) is 2.50. The van der Waals surface area contributed by atoms with Crippen molar-refractivity contribution in [2.45, 2.75) is 51.3 Å². The standard InChI is InChI=1S/C10H19Cl/c1-3-8-5-6-9(7-8)10(11)4-2/h8-10H,3-7H2,1-2H3. The fraction of sp³-hybridized carbons (Fsp3) is 1.00. The third kappa shape index (κ3) is 2.37. The molecule has 0 aliphatic heterocycles. The highest BCUT2D eigenvalue weighted by Gasteiger charge is 2.27. The maximum absolute atomic E-state index is 6.19. The first-order valence-electron chi connectivity index (χ1n) is 4.92. The molecule has 1 aliphatic carbocycles. The lowest BCUT2D eigenvalue weighted by Crippen LogP contribution is -2.10. The second-order valence-corrected chi connectivity index (χ2v) is 4.33. The number of rotatable bonds is 3. The summed E-state index contributed by atoms with van der Waals surface area (Å²) in [6, 6.07) is 0. The number of alkyl halides is 1. The van der Waals surface area contributed by atoms with E-state index in [9.17, 15) is 0 Å². The smallest absolute Gasteiger partial charge is 0.0361 e. The number of hydrogen-bond donors (Lipinski definition) is 0. The first-order chi connectivity index (χ1) is 5.27. The Bertz CT molecular complexity index is 111. The Balaban J connectivity index is 2.29. The van der Waals surface area contributed by atoms with E-state index < -0.39 is 0 Å². The Morgan fingerprint density at radius 3 is 2.55 bits per heavy atom. The summed E-state index contributed by atoms with van der Waals surface area (Å²) in [5.41, 5.74) is 0. The van der Waals surface area contributed by atoms with Gasteiger partial charge in [0.25, 0.3) is 0 Å². The summed E-state index contributed by atoms with van der Waals surface area (Å²) in [4.78, 5) is 0. The molecule has 3 unspecified atom stereocenters. The van der Waals surface area contributed by atoms with Gasteiger partial charge in [-0.3, -0.25) is 0 Å². The molecule has 3 atom stereocenters. The molecule has 0 N–H and O–H groups in total. The van der Waals surface area contributed by atoms with Gasteiger partial charge in [-0.05, 0) is 31.1 Å². The van der Waals surface area contributed by atoms with E-state index in [1.807, 2.05) is 0 Å². The second-order valence-electron chi connectivity index (χ2n) is 3.77. The van der Waals surface area contributed by atoms with Gasteiger partial charge in [0.15, 0.2) is 0 Å². The van der Waals surface area contributed by atoms with Crippen LogP contribution in [-0.2, 0) is 0 Å². The fourth-order valence-electron chi connectivity index (χ4n) is 2.15. The number of halogens is 1. The normalized spacial score (nSPS) is 34.1. The molecule has 1 fully saturated rings. The zero-order chi connectivity index (χ0) is 8.27. The minimum Gasteiger partial charge on any atom is -0.123 e. The molecule has 0 aromatic heterocycles. The van der Waals surface area contributed by atoms with Gasteiger partial charge >= 0.3 is 0 Å². The largest absolute Gasteiger partial charge is 0.123 e. The van der Waals surface area contributed by atoms with Gasteiger partial charge in [0, 0.05) is 5.38 Å². The zero-order valence-corrected chi connectivity index (χ0v) is 8.40. The Labute approximate surface area is 75.3 Å².